The highest BCUT2D eigenvalue weighted by molar-refractivity contribution is 5.96. The van der Waals surface area contributed by atoms with Gasteiger partial charge in [0.25, 0.3) is 11.8 Å². The third kappa shape index (κ3) is 5.32. The summed E-state index contributed by atoms with van der Waals surface area (Å²) in [5.41, 5.74) is 2.39. The van der Waals surface area contributed by atoms with Crippen molar-refractivity contribution < 1.29 is 14.4 Å². The van der Waals surface area contributed by atoms with Gasteiger partial charge in [0.1, 0.15) is 6.04 Å². The Hall–Kier alpha value is -4.37. The molecule has 1 aromatic heterocycles. The second-order valence-corrected chi connectivity index (χ2v) is 11.3. The number of likely N-dealkylation sites (N-methyl/N-ethyl adjacent to an activating group) is 1. The SMILES string of the molecule is CNC(=O)C1=CC2CCc3cc(C(=O)NC)ccc3C(C[C@H](C)NCC(=O)N3CCC[C@H]3C#N)(c3nn[nH]n3)C2C=C1. The molecule has 0 radical (unpaired) electrons. The average Bonchev–Trinajstić information content (AvgIpc) is 3.71. The number of tetrazole rings is 1. The number of benzene rings is 1. The number of allylic oxidation sites excluding steroid dienone is 2. The molecule has 5 rings (SSSR count). The van der Waals surface area contributed by atoms with E-state index in [9.17, 15) is 19.6 Å². The predicted molar refractivity (Wildman–Crippen MR) is 154 cm³/mol. The minimum atomic E-state index is -0.787. The fourth-order valence-electron chi connectivity index (χ4n) is 6.93. The third-order valence-electron chi connectivity index (χ3n) is 8.91. The van der Waals surface area contributed by atoms with Gasteiger partial charge in [-0.1, -0.05) is 29.5 Å². The zero-order valence-corrected chi connectivity index (χ0v) is 24.2. The number of nitriles is 1. The molecule has 2 aromatic rings. The van der Waals surface area contributed by atoms with Crippen LogP contribution in [0.4, 0.5) is 0 Å². The molecule has 12 nitrogen and oxygen atoms in total. The predicted octanol–water partition coefficient (Wildman–Crippen LogP) is 1.15. The summed E-state index contributed by atoms with van der Waals surface area (Å²) >= 11 is 0. The van der Waals surface area contributed by atoms with Gasteiger partial charge in [0.05, 0.1) is 18.0 Å². The van der Waals surface area contributed by atoms with Gasteiger partial charge >= 0.3 is 0 Å². The van der Waals surface area contributed by atoms with Crippen LogP contribution in [-0.4, -0.2) is 82.5 Å². The number of nitrogens with zero attached hydrogens (tertiary/aromatic N) is 5. The van der Waals surface area contributed by atoms with Crippen molar-refractivity contribution in [2.75, 3.05) is 27.2 Å². The van der Waals surface area contributed by atoms with Crippen LogP contribution in [0.5, 0.6) is 0 Å². The van der Waals surface area contributed by atoms with E-state index in [0.717, 1.165) is 24.0 Å². The van der Waals surface area contributed by atoms with Crippen LogP contribution in [0.15, 0.2) is 42.0 Å². The van der Waals surface area contributed by atoms with Crippen molar-refractivity contribution in [3.63, 3.8) is 0 Å². The molecule has 2 heterocycles. The Morgan fingerprint density at radius 1 is 1.21 bits per heavy atom. The van der Waals surface area contributed by atoms with Crippen LogP contribution in [0.3, 0.4) is 0 Å². The molecule has 1 fully saturated rings. The number of rotatable bonds is 8. The minimum absolute atomic E-state index is 0.0218. The lowest BCUT2D eigenvalue weighted by atomic mass is 9.61. The molecule has 3 amide bonds. The van der Waals surface area contributed by atoms with Gasteiger partial charge < -0.3 is 20.9 Å². The zero-order chi connectivity index (χ0) is 29.9. The number of amides is 3. The lowest BCUT2D eigenvalue weighted by Gasteiger charge is -2.43. The molecule has 3 aliphatic rings. The summed E-state index contributed by atoms with van der Waals surface area (Å²) < 4.78 is 0. The molecule has 1 aromatic carbocycles. The summed E-state index contributed by atoms with van der Waals surface area (Å²) in [5, 5.41) is 33.9. The van der Waals surface area contributed by atoms with Gasteiger partial charge in [-0.05, 0) is 68.2 Å². The quantitative estimate of drug-likeness (QED) is 0.366. The van der Waals surface area contributed by atoms with Crippen LogP contribution in [0.1, 0.15) is 59.9 Å². The second kappa shape index (κ2) is 12.2. The molecule has 4 N–H and O–H groups in total. The van der Waals surface area contributed by atoms with Crippen molar-refractivity contribution in [1.82, 2.24) is 41.5 Å². The first-order valence-corrected chi connectivity index (χ1v) is 14.5. The van der Waals surface area contributed by atoms with E-state index in [0.29, 0.717) is 42.8 Å². The number of nitrogens with one attached hydrogen (secondary N) is 4. The maximum absolute atomic E-state index is 13.0. The van der Waals surface area contributed by atoms with E-state index < -0.39 is 5.41 Å². The Balaban J connectivity index is 1.55. The highest BCUT2D eigenvalue weighted by atomic mass is 16.2. The third-order valence-corrected chi connectivity index (χ3v) is 8.91. The van der Waals surface area contributed by atoms with Crippen LogP contribution in [0.2, 0.25) is 0 Å². The summed E-state index contributed by atoms with van der Waals surface area (Å²) in [6.07, 6.45) is 9.46. The van der Waals surface area contributed by atoms with E-state index in [1.807, 2.05) is 37.3 Å². The van der Waals surface area contributed by atoms with E-state index in [1.165, 1.54) is 0 Å². The zero-order valence-electron chi connectivity index (χ0n) is 24.2. The monoisotopic (exact) mass is 571 g/mol. The molecule has 2 aliphatic carbocycles. The van der Waals surface area contributed by atoms with E-state index >= 15 is 0 Å². The summed E-state index contributed by atoms with van der Waals surface area (Å²) in [6.45, 7) is 2.72. The molecule has 1 aliphatic heterocycles. The number of H-pyrrole nitrogens is 1. The maximum atomic E-state index is 13.0. The van der Waals surface area contributed by atoms with Crippen molar-refractivity contribution in [2.45, 2.75) is 56.5 Å². The number of hydrogen-bond acceptors (Lipinski definition) is 8. The highest BCUT2D eigenvalue weighted by Crippen LogP contribution is 2.51. The normalized spacial score (nSPS) is 25.3. The van der Waals surface area contributed by atoms with E-state index in [4.69, 9.17) is 0 Å². The lowest BCUT2D eigenvalue weighted by molar-refractivity contribution is -0.130. The van der Waals surface area contributed by atoms with Crippen LogP contribution in [0.25, 0.3) is 0 Å². The molecular formula is C30H37N9O3. The molecule has 0 spiro atoms. The lowest BCUT2D eigenvalue weighted by Crippen LogP contribution is -2.48. The Bertz CT molecular complexity index is 1440. The molecule has 5 atom stereocenters. The number of fused-ring (bicyclic) bond motifs is 2. The Morgan fingerprint density at radius 3 is 2.74 bits per heavy atom. The standard InChI is InChI=1S/C30H37N9O3/c1-18(34-17-26(40)39-12-4-5-23(39)16-31)15-30(29-35-37-38-36-29)24-10-8-21(27(41)32-2)13-19(24)6-7-20-14-22(28(42)33-3)9-11-25(20)30/h8-11,13-14,18-19,23-24,34H,4-7,12,15,17H2,1-3H3,(H,32,41)(H,33,42)(H,35,36,37,38)/t18-,19?,23-,24?,30?/m0/s1. The number of aryl methyl sites for hydroxylation is 1. The van der Waals surface area contributed by atoms with Gasteiger partial charge in [-0.15, -0.1) is 10.2 Å². The van der Waals surface area contributed by atoms with Crippen molar-refractivity contribution in [1.29, 1.82) is 5.26 Å². The van der Waals surface area contributed by atoms with Gasteiger partial charge in [-0.25, -0.2) is 0 Å². The summed E-state index contributed by atoms with van der Waals surface area (Å²) in [7, 11) is 3.23. The van der Waals surface area contributed by atoms with Gasteiger partial charge in [-0.2, -0.15) is 10.5 Å². The number of carbonyl (C=O) groups is 3. The first-order valence-electron chi connectivity index (χ1n) is 14.5. The van der Waals surface area contributed by atoms with Crippen molar-refractivity contribution in [3.8, 4) is 6.07 Å². The van der Waals surface area contributed by atoms with E-state index in [-0.39, 0.29) is 48.2 Å². The Morgan fingerprint density at radius 2 is 2.02 bits per heavy atom. The largest absolute Gasteiger partial charge is 0.355 e. The molecule has 0 bridgehead atoms. The Kier molecular flexibility index (Phi) is 8.49. The van der Waals surface area contributed by atoms with Crippen LogP contribution in [-0.2, 0) is 21.4 Å². The van der Waals surface area contributed by atoms with E-state index in [1.54, 1.807) is 19.0 Å². The van der Waals surface area contributed by atoms with Gasteiger partial charge in [-0.3, -0.25) is 14.4 Å². The fraction of sp³-hybridized carbons (Fsp3) is 0.500. The van der Waals surface area contributed by atoms with Crippen molar-refractivity contribution in [3.05, 3.63) is 64.5 Å². The summed E-state index contributed by atoms with van der Waals surface area (Å²) in [4.78, 5) is 39.9. The number of carbonyl (C=O) groups excluding carboxylic acids is 3. The van der Waals surface area contributed by atoms with E-state index in [2.05, 4.69) is 48.7 Å². The number of hydrogen-bond donors (Lipinski definition) is 4. The number of aromatic nitrogens is 4. The Labute approximate surface area is 245 Å². The first-order chi connectivity index (χ1) is 20.3. The molecule has 3 unspecified atom stereocenters. The first kappa shape index (κ1) is 29.1. The fourth-order valence-corrected chi connectivity index (χ4v) is 6.93. The van der Waals surface area contributed by atoms with Crippen molar-refractivity contribution in [2.24, 2.45) is 11.8 Å². The molecule has 220 valence electrons. The van der Waals surface area contributed by atoms with Crippen LogP contribution < -0.4 is 16.0 Å². The van der Waals surface area contributed by atoms with Crippen LogP contribution >= 0.6 is 0 Å². The average molecular weight is 572 g/mol. The molecular weight excluding hydrogens is 534 g/mol. The molecule has 42 heavy (non-hydrogen) atoms. The number of aromatic amines is 1. The molecule has 1 saturated heterocycles. The molecule has 0 saturated carbocycles. The smallest absolute Gasteiger partial charge is 0.251 e. The van der Waals surface area contributed by atoms with Crippen LogP contribution in [0, 0.1) is 23.2 Å². The minimum Gasteiger partial charge on any atom is -0.355 e. The topological polar surface area (TPSA) is 169 Å². The molecule has 12 heteroatoms. The van der Waals surface area contributed by atoms with Gasteiger partial charge in [0.15, 0.2) is 5.82 Å². The van der Waals surface area contributed by atoms with Gasteiger partial charge in [0.2, 0.25) is 5.91 Å². The van der Waals surface area contributed by atoms with Crippen molar-refractivity contribution >= 4 is 17.7 Å². The highest BCUT2D eigenvalue weighted by Gasteiger charge is 2.51. The second-order valence-electron chi connectivity index (χ2n) is 11.3. The maximum Gasteiger partial charge on any atom is 0.251 e. The summed E-state index contributed by atoms with van der Waals surface area (Å²) in [6, 6.07) is 7.44. The summed E-state index contributed by atoms with van der Waals surface area (Å²) in [5.74, 6) is -0.0471. The van der Waals surface area contributed by atoms with Gasteiger partial charge in [0, 0.05) is 43.7 Å². The number of likely N-dealkylation sites (tertiary alicyclic amines) is 1.